The molecule has 9 heteroatoms. The normalized spacial score (nSPS) is 14.7. The molecule has 0 spiro atoms. The summed E-state index contributed by atoms with van der Waals surface area (Å²) in [5.74, 6) is -0.634. The number of hydrogen-bond donors (Lipinski definition) is 1. The molecule has 0 aliphatic carbocycles. The Hall–Kier alpha value is -3.38. The Morgan fingerprint density at radius 3 is 2.39 bits per heavy atom. The van der Waals surface area contributed by atoms with E-state index in [0.29, 0.717) is 43.0 Å². The van der Waals surface area contributed by atoms with Crippen LogP contribution < -0.4 is 10.2 Å². The molecule has 3 rings (SSSR count). The van der Waals surface area contributed by atoms with E-state index in [-0.39, 0.29) is 18.0 Å². The molecule has 1 saturated heterocycles. The van der Waals surface area contributed by atoms with Crippen LogP contribution in [0.3, 0.4) is 0 Å². The van der Waals surface area contributed by atoms with Crippen molar-refractivity contribution in [1.29, 1.82) is 5.26 Å². The van der Waals surface area contributed by atoms with Crippen LogP contribution in [-0.4, -0.2) is 49.3 Å². The number of benzene rings is 2. The van der Waals surface area contributed by atoms with Crippen LogP contribution >= 0.6 is 0 Å². The fraction of sp³-hybridized carbons (Fsp3) is 0.318. The maximum absolute atomic E-state index is 13.1. The lowest BCUT2D eigenvalue weighted by atomic mass is 10.0. The summed E-state index contributed by atoms with van der Waals surface area (Å²) in [5.41, 5.74) is 0.495. The molecule has 0 radical (unpaired) electrons. The molecule has 2 aromatic carbocycles. The molecule has 1 heterocycles. The number of nitrogens with zero attached hydrogens (tertiary/aromatic N) is 3. The Kier molecular flexibility index (Phi) is 6.61. The Morgan fingerprint density at radius 1 is 1.10 bits per heavy atom. The number of piperazine rings is 1. The molecular formula is C22H21F3N4O2. The topological polar surface area (TPSA) is 76.4 Å². The number of carbonyl (C=O) groups excluding carboxylic acids is 2. The van der Waals surface area contributed by atoms with E-state index in [1.165, 1.54) is 25.1 Å². The monoisotopic (exact) mass is 430 g/mol. The van der Waals surface area contributed by atoms with Crippen molar-refractivity contribution >= 4 is 23.1 Å². The van der Waals surface area contributed by atoms with Gasteiger partial charge in [-0.3, -0.25) is 14.5 Å². The minimum Gasteiger partial charge on any atom is -0.368 e. The highest BCUT2D eigenvalue weighted by molar-refractivity contribution is 6.00. The molecule has 0 bridgehead atoms. The Labute approximate surface area is 177 Å². The SMILES string of the molecule is CC(=O)c1ccc(C#N)cc1N1CCN(CC(=O)Nc2ccccc2C(F)(F)F)CC1. The van der Waals surface area contributed by atoms with Crippen LogP contribution in [-0.2, 0) is 11.0 Å². The summed E-state index contributed by atoms with van der Waals surface area (Å²) < 4.78 is 39.3. The maximum Gasteiger partial charge on any atom is 0.418 e. The fourth-order valence-corrected chi connectivity index (χ4v) is 3.54. The lowest BCUT2D eigenvalue weighted by molar-refractivity contribution is -0.137. The average Bonchev–Trinajstić information content (AvgIpc) is 2.73. The Morgan fingerprint density at radius 2 is 1.77 bits per heavy atom. The van der Waals surface area contributed by atoms with Gasteiger partial charge in [0.05, 0.1) is 29.4 Å². The van der Waals surface area contributed by atoms with Crippen LogP contribution in [0, 0.1) is 11.3 Å². The molecule has 0 aromatic heterocycles. The first-order chi connectivity index (χ1) is 14.7. The van der Waals surface area contributed by atoms with Crippen LogP contribution in [0.25, 0.3) is 0 Å². The fourth-order valence-electron chi connectivity index (χ4n) is 3.54. The maximum atomic E-state index is 13.1. The van der Waals surface area contributed by atoms with Gasteiger partial charge in [0.1, 0.15) is 0 Å². The first-order valence-corrected chi connectivity index (χ1v) is 9.67. The number of ketones is 1. The molecule has 0 unspecified atom stereocenters. The van der Waals surface area contributed by atoms with E-state index in [1.807, 2.05) is 9.80 Å². The third-order valence-electron chi connectivity index (χ3n) is 5.09. The average molecular weight is 430 g/mol. The summed E-state index contributed by atoms with van der Waals surface area (Å²) in [4.78, 5) is 28.1. The second kappa shape index (κ2) is 9.18. The standard InChI is InChI=1S/C22H21F3N4O2/c1-15(30)17-7-6-16(13-26)12-20(17)29-10-8-28(9-11-29)14-21(31)27-19-5-3-2-4-18(19)22(23,24)25/h2-7,12H,8-11,14H2,1H3,(H,27,31). The highest BCUT2D eigenvalue weighted by Crippen LogP contribution is 2.34. The number of rotatable bonds is 5. The summed E-state index contributed by atoms with van der Waals surface area (Å²) in [6.07, 6.45) is -4.55. The third-order valence-corrected chi connectivity index (χ3v) is 5.09. The van der Waals surface area contributed by atoms with E-state index in [9.17, 15) is 22.8 Å². The molecule has 31 heavy (non-hydrogen) atoms. The van der Waals surface area contributed by atoms with Gasteiger partial charge in [0.15, 0.2) is 5.78 Å². The number of anilines is 2. The predicted molar refractivity (Wildman–Crippen MR) is 110 cm³/mol. The van der Waals surface area contributed by atoms with Crippen LogP contribution in [0.5, 0.6) is 0 Å². The molecule has 1 amide bonds. The van der Waals surface area contributed by atoms with Crippen LogP contribution in [0.4, 0.5) is 24.5 Å². The van der Waals surface area contributed by atoms with Gasteiger partial charge in [-0.2, -0.15) is 18.4 Å². The van der Waals surface area contributed by atoms with Gasteiger partial charge in [0, 0.05) is 37.4 Å². The summed E-state index contributed by atoms with van der Waals surface area (Å²) in [5, 5.41) is 11.5. The van der Waals surface area contributed by atoms with Gasteiger partial charge >= 0.3 is 6.18 Å². The van der Waals surface area contributed by atoms with Gasteiger partial charge in [0.25, 0.3) is 0 Å². The van der Waals surface area contributed by atoms with Gasteiger partial charge in [-0.1, -0.05) is 12.1 Å². The lowest BCUT2D eigenvalue weighted by Gasteiger charge is -2.36. The predicted octanol–water partition coefficient (Wildman–Crippen LogP) is 3.54. The molecule has 162 valence electrons. The van der Waals surface area contributed by atoms with E-state index < -0.39 is 17.6 Å². The third kappa shape index (κ3) is 5.41. The number of nitriles is 1. The summed E-state index contributed by atoms with van der Waals surface area (Å²) in [7, 11) is 0. The van der Waals surface area contributed by atoms with E-state index in [2.05, 4.69) is 11.4 Å². The summed E-state index contributed by atoms with van der Waals surface area (Å²) in [6, 6.07) is 11.8. The van der Waals surface area contributed by atoms with Crippen molar-refractivity contribution in [1.82, 2.24) is 4.90 Å². The minimum absolute atomic E-state index is 0.0438. The van der Waals surface area contributed by atoms with E-state index >= 15 is 0 Å². The smallest absolute Gasteiger partial charge is 0.368 e. The number of carbonyl (C=O) groups is 2. The molecular weight excluding hydrogens is 409 g/mol. The highest BCUT2D eigenvalue weighted by atomic mass is 19.4. The van der Waals surface area contributed by atoms with Crippen molar-refractivity contribution in [3.05, 3.63) is 59.2 Å². The van der Waals surface area contributed by atoms with Gasteiger partial charge in [-0.25, -0.2) is 0 Å². The summed E-state index contributed by atoms with van der Waals surface area (Å²) in [6.45, 7) is 3.43. The van der Waals surface area contributed by atoms with Gasteiger partial charge in [-0.05, 0) is 37.3 Å². The highest BCUT2D eigenvalue weighted by Gasteiger charge is 2.33. The molecule has 1 aliphatic heterocycles. The van der Waals surface area contributed by atoms with Crippen molar-refractivity contribution in [2.45, 2.75) is 13.1 Å². The lowest BCUT2D eigenvalue weighted by Crippen LogP contribution is -2.49. The summed E-state index contributed by atoms with van der Waals surface area (Å²) >= 11 is 0. The molecule has 1 fully saturated rings. The molecule has 0 saturated carbocycles. The Balaban J connectivity index is 1.62. The minimum atomic E-state index is -4.55. The number of amides is 1. The van der Waals surface area contributed by atoms with Gasteiger partial charge in [-0.15, -0.1) is 0 Å². The molecule has 1 N–H and O–H groups in total. The Bertz CT molecular complexity index is 1020. The molecule has 1 aliphatic rings. The first-order valence-electron chi connectivity index (χ1n) is 9.67. The van der Waals surface area contributed by atoms with Crippen molar-refractivity contribution in [2.75, 3.05) is 42.9 Å². The molecule has 0 atom stereocenters. The second-order valence-corrected chi connectivity index (χ2v) is 7.25. The zero-order chi connectivity index (χ0) is 22.6. The molecule has 6 nitrogen and oxygen atoms in total. The number of Topliss-reactive ketones (excluding diaryl/α,β-unsaturated/α-hetero) is 1. The second-order valence-electron chi connectivity index (χ2n) is 7.25. The van der Waals surface area contributed by atoms with Crippen molar-refractivity contribution in [2.24, 2.45) is 0 Å². The van der Waals surface area contributed by atoms with Crippen LogP contribution in [0.2, 0.25) is 0 Å². The first kappa shape index (κ1) is 22.3. The van der Waals surface area contributed by atoms with E-state index in [0.717, 1.165) is 6.07 Å². The van der Waals surface area contributed by atoms with Gasteiger partial charge < -0.3 is 10.2 Å². The van der Waals surface area contributed by atoms with Crippen LogP contribution in [0.15, 0.2) is 42.5 Å². The van der Waals surface area contributed by atoms with E-state index in [1.54, 1.807) is 18.2 Å². The quantitative estimate of drug-likeness (QED) is 0.735. The van der Waals surface area contributed by atoms with Crippen molar-refractivity contribution in [3.63, 3.8) is 0 Å². The van der Waals surface area contributed by atoms with E-state index in [4.69, 9.17) is 5.26 Å². The van der Waals surface area contributed by atoms with Gasteiger partial charge in [0.2, 0.25) is 5.91 Å². The zero-order valence-electron chi connectivity index (χ0n) is 16.9. The number of alkyl halides is 3. The van der Waals surface area contributed by atoms with Crippen molar-refractivity contribution in [3.8, 4) is 6.07 Å². The number of para-hydroxylation sites is 1. The number of halogens is 3. The number of hydrogen-bond acceptors (Lipinski definition) is 5. The largest absolute Gasteiger partial charge is 0.418 e. The van der Waals surface area contributed by atoms with Crippen molar-refractivity contribution < 1.29 is 22.8 Å². The zero-order valence-corrected chi connectivity index (χ0v) is 16.9. The van der Waals surface area contributed by atoms with Crippen LogP contribution in [0.1, 0.15) is 28.4 Å². The number of nitrogens with one attached hydrogen (secondary N) is 1. The molecule has 2 aromatic rings.